The summed E-state index contributed by atoms with van der Waals surface area (Å²) in [7, 11) is 0. The zero-order chi connectivity index (χ0) is 29.5. The predicted octanol–water partition coefficient (Wildman–Crippen LogP) is 8.79. The molecule has 220 valence electrons. The number of carboxylic acid groups (broad SMARTS) is 1. The Bertz CT molecular complexity index is 1180. The van der Waals surface area contributed by atoms with E-state index < -0.39 is 11.2 Å². The molecule has 0 heterocycles. The number of unbranched alkanes of at least 4 members (excludes halogenated alkanes) is 4. The third-order valence-electron chi connectivity index (χ3n) is 7.33. The quantitative estimate of drug-likeness (QED) is 0.158. The summed E-state index contributed by atoms with van der Waals surface area (Å²) in [6.07, 6.45) is 6.98. The molecule has 3 aromatic carbocycles. The Morgan fingerprint density at radius 1 is 0.805 bits per heavy atom. The molecule has 2 N–H and O–H groups in total. The minimum Gasteiger partial charge on any atom is -0.480 e. The molecule has 0 spiro atoms. The van der Waals surface area contributed by atoms with E-state index in [0.29, 0.717) is 24.6 Å². The molecule has 0 radical (unpaired) electrons. The lowest BCUT2D eigenvalue weighted by Crippen LogP contribution is -2.37. The van der Waals surface area contributed by atoms with Crippen LogP contribution in [0, 0.1) is 0 Å². The number of hydrogen-bond acceptors (Lipinski definition) is 3. The van der Waals surface area contributed by atoms with Crippen LogP contribution in [0.25, 0.3) is 0 Å². The monoisotopic (exact) mass is 574 g/mol. The lowest BCUT2D eigenvalue weighted by molar-refractivity contribution is -0.136. The first-order valence-electron chi connectivity index (χ1n) is 15.0. The SMILES string of the molecule is CCCCCCCN(CCc1ccc(C[C@H](SCc2ccccc2)C(=O)O)cc1)C(=O)Nc1ccc(C(C)C)cc1. The van der Waals surface area contributed by atoms with Crippen molar-refractivity contribution in [2.24, 2.45) is 0 Å². The van der Waals surface area contributed by atoms with Crippen molar-refractivity contribution in [2.75, 3.05) is 18.4 Å². The second-order valence-electron chi connectivity index (χ2n) is 11.0. The molecule has 0 aliphatic rings. The maximum Gasteiger partial charge on any atom is 0.321 e. The van der Waals surface area contributed by atoms with Gasteiger partial charge < -0.3 is 15.3 Å². The third kappa shape index (κ3) is 11.6. The number of carbonyl (C=O) groups excluding carboxylic acids is 1. The molecule has 2 amide bonds. The average molecular weight is 575 g/mol. The number of nitrogens with zero attached hydrogens (tertiary/aromatic N) is 1. The van der Waals surface area contributed by atoms with Crippen molar-refractivity contribution in [1.82, 2.24) is 4.90 Å². The van der Waals surface area contributed by atoms with Gasteiger partial charge in [-0.05, 0) is 59.6 Å². The highest BCUT2D eigenvalue weighted by Gasteiger charge is 2.19. The summed E-state index contributed by atoms with van der Waals surface area (Å²) in [4.78, 5) is 27.1. The Balaban J connectivity index is 1.56. The van der Waals surface area contributed by atoms with Gasteiger partial charge in [-0.25, -0.2) is 4.79 Å². The van der Waals surface area contributed by atoms with Crippen molar-refractivity contribution in [1.29, 1.82) is 0 Å². The van der Waals surface area contributed by atoms with Gasteiger partial charge in [0.25, 0.3) is 0 Å². The van der Waals surface area contributed by atoms with Gasteiger partial charge in [-0.2, -0.15) is 0 Å². The number of benzene rings is 3. The summed E-state index contributed by atoms with van der Waals surface area (Å²) >= 11 is 1.46. The molecule has 6 heteroatoms. The summed E-state index contributed by atoms with van der Waals surface area (Å²) in [5, 5.41) is 12.4. The van der Waals surface area contributed by atoms with Crippen LogP contribution in [0.4, 0.5) is 10.5 Å². The highest BCUT2D eigenvalue weighted by Crippen LogP contribution is 2.22. The number of rotatable bonds is 17. The fourth-order valence-corrected chi connectivity index (χ4v) is 5.72. The fraction of sp³-hybridized carbons (Fsp3) is 0.429. The number of urea groups is 1. The number of nitrogens with one attached hydrogen (secondary N) is 1. The molecule has 0 aliphatic heterocycles. The molecular weight excluding hydrogens is 528 g/mol. The highest BCUT2D eigenvalue weighted by atomic mass is 32.2. The number of amides is 2. The van der Waals surface area contributed by atoms with Crippen molar-refractivity contribution in [3.63, 3.8) is 0 Å². The number of thioether (sulfide) groups is 1. The summed E-state index contributed by atoms with van der Waals surface area (Å²) in [5.41, 5.74) is 5.35. The summed E-state index contributed by atoms with van der Waals surface area (Å²) in [6, 6.07) is 26.2. The van der Waals surface area contributed by atoms with E-state index in [1.54, 1.807) is 0 Å². The van der Waals surface area contributed by atoms with Crippen LogP contribution in [-0.2, 0) is 23.4 Å². The summed E-state index contributed by atoms with van der Waals surface area (Å²) in [6.45, 7) is 7.90. The Morgan fingerprint density at radius 2 is 1.46 bits per heavy atom. The van der Waals surface area contributed by atoms with E-state index in [4.69, 9.17) is 0 Å². The van der Waals surface area contributed by atoms with E-state index in [9.17, 15) is 14.7 Å². The van der Waals surface area contributed by atoms with Crippen molar-refractivity contribution < 1.29 is 14.7 Å². The molecule has 41 heavy (non-hydrogen) atoms. The molecule has 0 fully saturated rings. The average Bonchev–Trinajstić information content (AvgIpc) is 2.98. The molecule has 0 saturated carbocycles. The van der Waals surface area contributed by atoms with Gasteiger partial charge in [0.15, 0.2) is 0 Å². The Hall–Kier alpha value is -3.25. The maximum atomic E-state index is 13.2. The minimum absolute atomic E-state index is 0.0610. The van der Waals surface area contributed by atoms with Crippen LogP contribution < -0.4 is 5.32 Å². The standard InChI is InChI=1S/C35H46N2O3S/c1-4-5-6-7-11-23-37(35(40)36-32-20-18-31(19-21-32)27(2)3)24-22-28-14-16-29(17-15-28)25-33(34(38)39)41-26-30-12-9-8-10-13-30/h8-10,12-21,27,33H,4-7,11,22-26H2,1-3H3,(H,36,40)(H,38,39)/t33-/m0/s1. The van der Waals surface area contributed by atoms with Crippen molar-refractivity contribution in [2.45, 2.75) is 82.6 Å². The molecule has 0 aromatic heterocycles. The molecule has 0 bridgehead atoms. The van der Waals surface area contributed by atoms with Gasteiger partial charge in [-0.1, -0.05) is 113 Å². The van der Waals surface area contributed by atoms with Gasteiger partial charge in [0, 0.05) is 24.5 Å². The topological polar surface area (TPSA) is 69.6 Å². The lowest BCUT2D eigenvalue weighted by atomic mass is 10.0. The first kappa shape index (κ1) is 32.3. The van der Waals surface area contributed by atoms with Crippen LogP contribution in [0.5, 0.6) is 0 Å². The smallest absolute Gasteiger partial charge is 0.321 e. The highest BCUT2D eigenvalue weighted by molar-refractivity contribution is 7.99. The largest absolute Gasteiger partial charge is 0.480 e. The van der Waals surface area contributed by atoms with E-state index in [1.807, 2.05) is 59.5 Å². The first-order chi connectivity index (χ1) is 19.9. The lowest BCUT2D eigenvalue weighted by Gasteiger charge is -2.23. The summed E-state index contributed by atoms with van der Waals surface area (Å²) in [5.74, 6) is 0.344. The number of carbonyl (C=O) groups is 2. The van der Waals surface area contributed by atoms with Crippen molar-refractivity contribution >= 4 is 29.4 Å². The van der Waals surface area contributed by atoms with Gasteiger partial charge >= 0.3 is 12.0 Å². The molecular formula is C35H46N2O3S. The normalized spacial score (nSPS) is 11.8. The van der Waals surface area contributed by atoms with E-state index in [2.05, 4.69) is 50.4 Å². The van der Waals surface area contributed by atoms with Crippen LogP contribution >= 0.6 is 11.8 Å². The van der Waals surface area contributed by atoms with Crippen molar-refractivity contribution in [3.05, 3.63) is 101 Å². The fourth-order valence-electron chi connectivity index (χ4n) is 4.68. The molecule has 3 aromatic rings. The Kier molecular flexibility index (Phi) is 13.8. The molecule has 0 unspecified atom stereocenters. The van der Waals surface area contributed by atoms with Gasteiger partial charge in [0.1, 0.15) is 5.25 Å². The summed E-state index contributed by atoms with van der Waals surface area (Å²) < 4.78 is 0. The maximum absolute atomic E-state index is 13.2. The van der Waals surface area contributed by atoms with Crippen LogP contribution in [0.15, 0.2) is 78.9 Å². The van der Waals surface area contributed by atoms with E-state index in [1.165, 1.54) is 36.6 Å². The number of aliphatic carboxylic acids is 1. The van der Waals surface area contributed by atoms with E-state index in [-0.39, 0.29) is 6.03 Å². The number of carboxylic acids is 1. The van der Waals surface area contributed by atoms with Gasteiger partial charge in [0.05, 0.1) is 0 Å². The van der Waals surface area contributed by atoms with Gasteiger partial charge in [0.2, 0.25) is 0 Å². The van der Waals surface area contributed by atoms with E-state index in [0.717, 1.165) is 48.2 Å². The zero-order valence-corrected chi connectivity index (χ0v) is 25.7. The third-order valence-corrected chi connectivity index (χ3v) is 8.60. The molecule has 3 rings (SSSR count). The molecule has 0 aliphatic carbocycles. The Labute approximate surface area is 250 Å². The second kappa shape index (κ2) is 17.5. The van der Waals surface area contributed by atoms with Crippen LogP contribution in [0.3, 0.4) is 0 Å². The zero-order valence-electron chi connectivity index (χ0n) is 24.9. The van der Waals surface area contributed by atoms with E-state index >= 15 is 0 Å². The van der Waals surface area contributed by atoms with Gasteiger partial charge in [-0.15, -0.1) is 11.8 Å². The van der Waals surface area contributed by atoms with Crippen molar-refractivity contribution in [3.8, 4) is 0 Å². The first-order valence-corrected chi connectivity index (χ1v) is 16.0. The minimum atomic E-state index is -0.783. The number of hydrogen-bond donors (Lipinski definition) is 2. The second-order valence-corrected chi connectivity index (χ2v) is 12.2. The van der Waals surface area contributed by atoms with Crippen LogP contribution in [-0.4, -0.2) is 40.3 Å². The molecule has 5 nitrogen and oxygen atoms in total. The van der Waals surface area contributed by atoms with Gasteiger partial charge in [-0.3, -0.25) is 4.79 Å². The number of anilines is 1. The molecule has 1 atom stereocenters. The Morgan fingerprint density at radius 3 is 2.10 bits per heavy atom. The van der Waals surface area contributed by atoms with Crippen LogP contribution in [0.2, 0.25) is 0 Å². The van der Waals surface area contributed by atoms with Crippen LogP contribution in [0.1, 0.15) is 81.0 Å². The predicted molar refractivity (Wildman–Crippen MR) is 173 cm³/mol. The molecule has 0 saturated heterocycles.